The van der Waals surface area contributed by atoms with E-state index in [2.05, 4.69) is 23.3 Å². The van der Waals surface area contributed by atoms with E-state index in [0.717, 1.165) is 18.5 Å². The normalized spacial score (nSPS) is 19.0. The van der Waals surface area contributed by atoms with Crippen molar-refractivity contribution in [1.29, 1.82) is 0 Å². The molecule has 108 valence electrons. The van der Waals surface area contributed by atoms with Crippen LogP contribution < -0.4 is 5.76 Å². The lowest BCUT2D eigenvalue weighted by Crippen LogP contribution is -2.36. The molecule has 2 aromatic heterocycles. The van der Waals surface area contributed by atoms with E-state index in [0.29, 0.717) is 18.3 Å². The molecule has 1 atom stereocenters. The topological polar surface area (TPSA) is 38.4 Å². The number of rotatable bonds is 2. The van der Waals surface area contributed by atoms with Crippen LogP contribution in [0, 0.1) is 0 Å². The maximum absolute atomic E-state index is 12.1. The molecule has 0 bridgehead atoms. The number of hydrogen-bond acceptors (Lipinski definition) is 4. The fraction of sp³-hybridized carbons (Fsp3) is 0.312. The van der Waals surface area contributed by atoms with E-state index < -0.39 is 0 Å². The van der Waals surface area contributed by atoms with Gasteiger partial charge in [-0.25, -0.2) is 4.79 Å². The Hall–Kier alpha value is -1.85. The summed E-state index contributed by atoms with van der Waals surface area (Å²) >= 11 is 1.83. The van der Waals surface area contributed by atoms with Gasteiger partial charge in [-0.1, -0.05) is 12.1 Å². The molecule has 1 unspecified atom stereocenters. The first-order valence-corrected chi connectivity index (χ1v) is 8.00. The van der Waals surface area contributed by atoms with Gasteiger partial charge in [0.05, 0.1) is 12.2 Å². The van der Waals surface area contributed by atoms with E-state index in [1.54, 1.807) is 4.57 Å². The Kier molecular flexibility index (Phi) is 2.97. The summed E-state index contributed by atoms with van der Waals surface area (Å²) in [5.41, 5.74) is 2.92. The maximum Gasteiger partial charge on any atom is 0.421 e. The van der Waals surface area contributed by atoms with Gasteiger partial charge in [0.15, 0.2) is 5.58 Å². The molecule has 21 heavy (non-hydrogen) atoms. The smallest absolute Gasteiger partial charge is 0.408 e. The highest BCUT2D eigenvalue weighted by Gasteiger charge is 2.25. The second kappa shape index (κ2) is 4.86. The quantitative estimate of drug-likeness (QED) is 0.729. The van der Waals surface area contributed by atoms with Crippen LogP contribution in [-0.2, 0) is 13.1 Å². The largest absolute Gasteiger partial charge is 0.421 e. The van der Waals surface area contributed by atoms with Crippen LogP contribution in [0.2, 0.25) is 0 Å². The molecule has 0 saturated heterocycles. The SMILES string of the molecule is CC1c2ccsc2CCN1Cn1c(=O)oc2ccccc21. The molecule has 1 aliphatic rings. The zero-order valence-corrected chi connectivity index (χ0v) is 12.6. The maximum atomic E-state index is 12.1. The second-order valence-electron chi connectivity index (χ2n) is 5.44. The van der Waals surface area contributed by atoms with Gasteiger partial charge in [-0.05, 0) is 42.5 Å². The minimum atomic E-state index is -0.278. The van der Waals surface area contributed by atoms with Crippen LogP contribution in [0.25, 0.3) is 11.1 Å². The van der Waals surface area contributed by atoms with Crippen LogP contribution in [0.4, 0.5) is 0 Å². The molecule has 1 aromatic carbocycles. The number of nitrogens with zero attached hydrogens (tertiary/aromatic N) is 2. The van der Waals surface area contributed by atoms with E-state index in [1.807, 2.05) is 35.6 Å². The molecular weight excluding hydrogens is 284 g/mol. The molecule has 0 fully saturated rings. The molecule has 0 radical (unpaired) electrons. The van der Waals surface area contributed by atoms with Crippen molar-refractivity contribution in [1.82, 2.24) is 9.47 Å². The minimum Gasteiger partial charge on any atom is -0.408 e. The molecule has 0 saturated carbocycles. The zero-order chi connectivity index (χ0) is 14.4. The van der Waals surface area contributed by atoms with E-state index >= 15 is 0 Å². The summed E-state index contributed by atoms with van der Waals surface area (Å²) in [7, 11) is 0. The first-order chi connectivity index (χ1) is 10.2. The minimum absolute atomic E-state index is 0.278. The van der Waals surface area contributed by atoms with Crippen molar-refractivity contribution < 1.29 is 4.42 Å². The Morgan fingerprint density at radius 2 is 2.19 bits per heavy atom. The van der Waals surface area contributed by atoms with Crippen LogP contribution in [0.1, 0.15) is 23.4 Å². The number of oxazole rings is 1. The van der Waals surface area contributed by atoms with Crippen molar-refractivity contribution in [2.75, 3.05) is 6.54 Å². The summed E-state index contributed by atoms with van der Waals surface area (Å²) in [4.78, 5) is 15.9. The molecule has 0 aliphatic carbocycles. The average Bonchev–Trinajstić information content (AvgIpc) is 3.07. The highest BCUT2D eigenvalue weighted by molar-refractivity contribution is 7.10. The van der Waals surface area contributed by atoms with Gasteiger partial charge < -0.3 is 4.42 Å². The van der Waals surface area contributed by atoms with Gasteiger partial charge in [-0.15, -0.1) is 11.3 Å². The Morgan fingerprint density at radius 3 is 3.10 bits per heavy atom. The van der Waals surface area contributed by atoms with E-state index in [4.69, 9.17) is 4.42 Å². The molecule has 0 N–H and O–H groups in total. The Balaban J connectivity index is 1.70. The predicted molar refractivity (Wildman–Crippen MR) is 83.6 cm³/mol. The molecule has 4 rings (SSSR count). The average molecular weight is 300 g/mol. The number of thiophene rings is 1. The molecule has 1 aliphatic heterocycles. The standard InChI is InChI=1S/C16H16N2O2S/c1-11-12-7-9-21-15(12)6-8-17(11)10-18-13-4-2-3-5-14(13)20-16(18)19/h2-5,7,9,11H,6,8,10H2,1H3. The van der Waals surface area contributed by atoms with Crippen LogP contribution in [0.3, 0.4) is 0 Å². The summed E-state index contributed by atoms with van der Waals surface area (Å²) in [5, 5.41) is 2.16. The van der Waals surface area contributed by atoms with Crippen LogP contribution in [0.5, 0.6) is 0 Å². The van der Waals surface area contributed by atoms with Crippen molar-refractivity contribution in [3.05, 3.63) is 56.7 Å². The van der Waals surface area contributed by atoms with E-state index in [1.165, 1.54) is 10.4 Å². The van der Waals surface area contributed by atoms with Gasteiger partial charge >= 0.3 is 5.76 Å². The Labute approximate surface area is 126 Å². The lowest BCUT2D eigenvalue weighted by atomic mass is 10.0. The molecule has 5 heteroatoms. The summed E-state index contributed by atoms with van der Waals surface area (Å²) in [5.74, 6) is -0.278. The third-order valence-electron chi connectivity index (χ3n) is 4.30. The lowest BCUT2D eigenvalue weighted by molar-refractivity contribution is 0.151. The molecule has 3 aromatic rings. The van der Waals surface area contributed by atoms with Gasteiger partial charge in [0.2, 0.25) is 0 Å². The predicted octanol–water partition coefficient (Wildman–Crippen LogP) is 3.23. The van der Waals surface area contributed by atoms with E-state index in [9.17, 15) is 4.79 Å². The summed E-state index contributed by atoms with van der Waals surface area (Å²) in [6.07, 6.45) is 1.06. The zero-order valence-electron chi connectivity index (χ0n) is 11.8. The third-order valence-corrected chi connectivity index (χ3v) is 5.30. The fourth-order valence-corrected chi connectivity index (χ4v) is 4.05. The third kappa shape index (κ3) is 2.04. The van der Waals surface area contributed by atoms with Crippen molar-refractivity contribution in [3.63, 3.8) is 0 Å². The van der Waals surface area contributed by atoms with Crippen LogP contribution in [0.15, 0.2) is 44.9 Å². The molecule has 0 spiro atoms. The highest BCUT2D eigenvalue weighted by Crippen LogP contribution is 2.33. The first-order valence-electron chi connectivity index (χ1n) is 7.13. The molecule has 4 nitrogen and oxygen atoms in total. The number of hydrogen-bond donors (Lipinski definition) is 0. The van der Waals surface area contributed by atoms with Gasteiger partial charge in [-0.2, -0.15) is 0 Å². The summed E-state index contributed by atoms with van der Waals surface area (Å²) in [6, 6.07) is 10.1. The highest BCUT2D eigenvalue weighted by atomic mass is 32.1. The van der Waals surface area contributed by atoms with Crippen molar-refractivity contribution in [2.45, 2.75) is 26.1 Å². The van der Waals surface area contributed by atoms with Gasteiger partial charge in [-0.3, -0.25) is 9.47 Å². The van der Waals surface area contributed by atoms with Crippen molar-refractivity contribution >= 4 is 22.4 Å². The monoisotopic (exact) mass is 300 g/mol. The van der Waals surface area contributed by atoms with Crippen LogP contribution in [-0.4, -0.2) is 16.0 Å². The first kappa shape index (κ1) is 12.9. The number of benzene rings is 1. The molecule has 3 heterocycles. The van der Waals surface area contributed by atoms with Crippen molar-refractivity contribution in [2.24, 2.45) is 0 Å². The second-order valence-corrected chi connectivity index (χ2v) is 6.44. The lowest BCUT2D eigenvalue weighted by Gasteiger charge is -2.33. The number of para-hydroxylation sites is 2. The number of aromatic nitrogens is 1. The van der Waals surface area contributed by atoms with E-state index in [-0.39, 0.29) is 5.76 Å². The molecule has 0 amide bonds. The molecular formula is C16H16N2O2S. The van der Waals surface area contributed by atoms with Gasteiger partial charge in [0, 0.05) is 17.5 Å². The summed E-state index contributed by atoms with van der Waals surface area (Å²) in [6.45, 7) is 3.75. The van der Waals surface area contributed by atoms with Gasteiger partial charge in [0.1, 0.15) is 0 Å². The Bertz CT molecular complexity index is 845. The number of fused-ring (bicyclic) bond motifs is 2. The van der Waals surface area contributed by atoms with Crippen LogP contribution >= 0.6 is 11.3 Å². The Morgan fingerprint density at radius 1 is 1.33 bits per heavy atom. The summed E-state index contributed by atoms with van der Waals surface area (Å²) < 4.78 is 7.04. The fourth-order valence-electron chi connectivity index (χ4n) is 3.08. The van der Waals surface area contributed by atoms with Crippen molar-refractivity contribution in [3.8, 4) is 0 Å². The van der Waals surface area contributed by atoms with Gasteiger partial charge in [0.25, 0.3) is 0 Å².